The van der Waals surface area contributed by atoms with E-state index in [0.717, 1.165) is 0 Å². The van der Waals surface area contributed by atoms with Crippen LogP contribution in [0.1, 0.15) is 38.8 Å². The molecule has 0 aliphatic heterocycles. The molecule has 4 heteroatoms. The van der Waals surface area contributed by atoms with Crippen LogP contribution in [-0.2, 0) is 23.3 Å². The average Bonchev–Trinajstić information content (AvgIpc) is 3.21. The first-order valence-corrected chi connectivity index (χ1v) is 13.8. The zero-order chi connectivity index (χ0) is 20.8. The minimum absolute atomic E-state index is 0. The fourth-order valence-corrected chi connectivity index (χ4v) is 3.50. The Morgan fingerprint density at radius 3 is 1.84 bits per heavy atom. The number of benzene rings is 2. The van der Waals surface area contributed by atoms with Gasteiger partial charge in [-0.1, -0.05) is 73.7 Å². The molecule has 2 radical (unpaired) electrons. The van der Waals surface area contributed by atoms with Crippen molar-refractivity contribution in [3.63, 3.8) is 0 Å². The summed E-state index contributed by atoms with van der Waals surface area (Å²) >= 11 is 1.36. The first-order chi connectivity index (χ1) is 13.4. The molecule has 0 saturated heterocycles. The molecule has 0 spiro atoms. The Morgan fingerprint density at radius 2 is 1.41 bits per heavy atom. The first kappa shape index (κ1) is 35.8. The molecule has 0 saturated carbocycles. The topological polar surface area (TPSA) is 0 Å². The SMILES string of the molecule is CC1=[C-]C(C)C(C)=C1C.Cc1cc2[cH-]cc(-c3ccccc3)c2cc1C.Cl.Cl.[CH3-].[CH3-].[Si]=[Zr]. The molecule has 1 aliphatic carbocycles. The van der Waals surface area contributed by atoms with Gasteiger partial charge < -0.3 is 14.9 Å². The molecule has 0 heterocycles. The summed E-state index contributed by atoms with van der Waals surface area (Å²) in [5.41, 5.74) is 9.60. The summed E-state index contributed by atoms with van der Waals surface area (Å²) in [4.78, 5) is 0. The third-order valence-corrected chi connectivity index (χ3v) is 5.71. The van der Waals surface area contributed by atoms with Gasteiger partial charge in [-0.2, -0.15) is 11.1 Å². The van der Waals surface area contributed by atoms with E-state index in [1.807, 2.05) is 0 Å². The summed E-state index contributed by atoms with van der Waals surface area (Å²) in [6, 6.07) is 19.6. The van der Waals surface area contributed by atoms with Gasteiger partial charge in [0, 0.05) is 0 Å². The predicted octanol–water partition coefficient (Wildman–Crippen LogP) is 8.93. The summed E-state index contributed by atoms with van der Waals surface area (Å²) in [6.07, 6.45) is 3.36. The zero-order valence-electron chi connectivity index (χ0n) is 20.6. The van der Waals surface area contributed by atoms with Crippen molar-refractivity contribution in [3.05, 3.63) is 103 Å². The third kappa shape index (κ3) is 8.53. The van der Waals surface area contributed by atoms with E-state index in [1.54, 1.807) is 0 Å². The summed E-state index contributed by atoms with van der Waals surface area (Å²) < 4.78 is 0. The van der Waals surface area contributed by atoms with Crippen LogP contribution in [0, 0.1) is 40.7 Å². The Balaban J connectivity index is -0.000000490. The Labute approximate surface area is 226 Å². The standard InChI is InChI=1S/C17H15.C9H13.2CH3.2ClH.Si.Zr/c1-12-10-15-8-9-16(17(15)11-13(12)2)14-6-4-3-5-7-14;1-6-5-7(2)9(4)8(6)3;;;;;;/h3-11H,1-2H3;6H,1-4H3;2*1H3;2*1H;;/q4*-1;;;;. The van der Waals surface area contributed by atoms with Crippen molar-refractivity contribution in [2.45, 2.75) is 41.5 Å². The molecule has 4 rings (SSSR count). The molecule has 0 amide bonds. The molecule has 32 heavy (non-hydrogen) atoms. The predicted molar refractivity (Wildman–Crippen MR) is 147 cm³/mol. The van der Waals surface area contributed by atoms with Gasteiger partial charge in [0.15, 0.2) is 0 Å². The van der Waals surface area contributed by atoms with Crippen molar-refractivity contribution in [3.8, 4) is 11.1 Å². The van der Waals surface area contributed by atoms with Crippen molar-refractivity contribution < 1.29 is 23.3 Å². The Bertz CT molecular complexity index is 1020. The average molecular weight is 563 g/mol. The number of halogens is 2. The number of fused-ring (bicyclic) bond motifs is 1. The van der Waals surface area contributed by atoms with E-state index in [2.05, 4.69) is 109 Å². The fourth-order valence-electron chi connectivity index (χ4n) is 3.50. The van der Waals surface area contributed by atoms with E-state index in [-0.39, 0.29) is 39.7 Å². The normalized spacial score (nSPS) is 13.5. The number of aryl methyl sites for hydroxylation is 2. The van der Waals surface area contributed by atoms with Crippen molar-refractivity contribution >= 4 is 42.5 Å². The molecule has 0 nitrogen and oxygen atoms in total. The molecule has 3 aromatic carbocycles. The van der Waals surface area contributed by atoms with Crippen LogP contribution < -0.4 is 0 Å². The van der Waals surface area contributed by atoms with Crippen molar-refractivity contribution in [2.24, 2.45) is 5.92 Å². The van der Waals surface area contributed by atoms with Crippen LogP contribution in [0.15, 0.2) is 71.3 Å². The Kier molecular flexibility index (Phi) is 18.8. The second kappa shape index (κ2) is 16.8. The summed E-state index contributed by atoms with van der Waals surface area (Å²) in [6.45, 7) is 16.1. The van der Waals surface area contributed by atoms with Crippen LogP contribution in [0.25, 0.3) is 21.9 Å². The minimum atomic E-state index is 0. The number of hydrogen-bond donors (Lipinski definition) is 0. The second-order valence-corrected chi connectivity index (χ2v) is 7.44. The molecule has 0 aromatic heterocycles. The zero-order valence-corrected chi connectivity index (χ0v) is 25.7. The number of allylic oxidation sites excluding steroid dienone is 4. The molecule has 1 atom stereocenters. The van der Waals surface area contributed by atoms with Crippen LogP contribution in [-0.4, -0.2) is 6.88 Å². The summed E-state index contributed by atoms with van der Waals surface area (Å²) in [5.74, 6) is 0.560. The first-order valence-electron chi connectivity index (χ1n) is 9.63. The molecule has 0 bridgehead atoms. The molecule has 0 fully saturated rings. The molecule has 174 valence electrons. The Hall–Kier alpha value is -0.790. The maximum absolute atomic E-state index is 3.36. The van der Waals surface area contributed by atoms with E-state index in [4.69, 9.17) is 0 Å². The quantitative estimate of drug-likeness (QED) is 0.205. The van der Waals surface area contributed by atoms with E-state index >= 15 is 0 Å². The van der Waals surface area contributed by atoms with Crippen LogP contribution in [0.2, 0.25) is 0 Å². The van der Waals surface area contributed by atoms with Gasteiger partial charge in [0.25, 0.3) is 0 Å². The van der Waals surface area contributed by atoms with Gasteiger partial charge in [0.1, 0.15) is 0 Å². The van der Waals surface area contributed by atoms with E-state index in [1.165, 1.54) is 73.1 Å². The maximum atomic E-state index is 3.36. The van der Waals surface area contributed by atoms with Crippen molar-refractivity contribution in [2.75, 3.05) is 0 Å². The number of rotatable bonds is 1. The van der Waals surface area contributed by atoms with E-state index < -0.39 is 0 Å². The van der Waals surface area contributed by atoms with E-state index in [0.29, 0.717) is 5.92 Å². The molecular weight excluding hydrogens is 527 g/mol. The monoisotopic (exact) mass is 560 g/mol. The van der Waals surface area contributed by atoms with Crippen LogP contribution in [0.4, 0.5) is 0 Å². The fraction of sp³-hybridized carbons (Fsp3) is 0.250. The number of hydrogen-bond acceptors (Lipinski definition) is 0. The van der Waals surface area contributed by atoms with Gasteiger partial charge in [0.2, 0.25) is 0 Å². The molecular formula is C28H36Cl2SiZr-4. The second-order valence-electron chi connectivity index (χ2n) is 7.44. The van der Waals surface area contributed by atoms with Crippen molar-refractivity contribution in [1.29, 1.82) is 0 Å². The molecule has 0 N–H and O–H groups in total. The van der Waals surface area contributed by atoms with Crippen LogP contribution in [0.3, 0.4) is 0 Å². The van der Waals surface area contributed by atoms with E-state index in [9.17, 15) is 0 Å². The molecule has 3 aromatic rings. The van der Waals surface area contributed by atoms with Gasteiger partial charge in [-0.05, 0) is 13.8 Å². The third-order valence-electron chi connectivity index (χ3n) is 5.71. The van der Waals surface area contributed by atoms with Gasteiger partial charge in [-0.15, -0.1) is 72.3 Å². The van der Waals surface area contributed by atoms with Gasteiger partial charge >= 0.3 is 30.2 Å². The van der Waals surface area contributed by atoms with Crippen LogP contribution in [0.5, 0.6) is 0 Å². The van der Waals surface area contributed by atoms with Gasteiger partial charge in [-0.25, -0.2) is 5.57 Å². The van der Waals surface area contributed by atoms with Gasteiger partial charge in [-0.3, -0.25) is 6.08 Å². The summed E-state index contributed by atoms with van der Waals surface area (Å²) in [5, 5.41) is 2.70. The van der Waals surface area contributed by atoms with Gasteiger partial charge in [0.05, 0.1) is 0 Å². The molecule has 1 aliphatic rings. The summed E-state index contributed by atoms with van der Waals surface area (Å²) in [7, 11) is 0. The van der Waals surface area contributed by atoms with Crippen molar-refractivity contribution in [1.82, 2.24) is 0 Å². The van der Waals surface area contributed by atoms with Crippen LogP contribution >= 0.6 is 24.8 Å². The Morgan fingerprint density at radius 1 is 0.875 bits per heavy atom. The molecule has 1 unspecified atom stereocenters.